The lowest BCUT2D eigenvalue weighted by molar-refractivity contribution is 0.0696. The molecule has 2 N–H and O–H groups in total. The first-order valence-electron chi connectivity index (χ1n) is 12.8. The van der Waals surface area contributed by atoms with Gasteiger partial charge in [0.2, 0.25) is 0 Å². The minimum Gasteiger partial charge on any atom is -0.478 e. The van der Waals surface area contributed by atoms with Gasteiger partial charge in [-0.05, 0) is 101 Å². The van der Waals surface area contributed by atoms with Crippen LogP contribution in [0.3, 0.4) is 0 Å². The fourth-order valence-electron chi connectivity index (χ4n) is 5.08. The molecular formula is C31H31N3O3S. The normalized spacial score (nSPS) is 13.1. The molecule has 1 amide bonds. The fraction of sp³-hybridized carbons (Fsp3) is 0.258. The van der Waals surface area contributed by atoms with E-state index in [1.165, 1.54) is 10.4 Å². The number of benzene rings is 2. The van der Waals surface area contributed by atoms with Crippen molar-refractivity contribution in [3.05, 3.63) is 98.2 Å². The van der Waals surface area contributed by atoms with Crippen LogP contribution in [0.5, 0.6) is 0 Å². The number of carboxylic acids is 1. The average molecular weight is 526 g/mol. The van der Waals surface area contributed by atoms with E-state index in [1.54, 1.807) is 29.5 Å². The van der Waals surface area contributed by atoms with Crippen molar-refractivity contribution in [3.8, 4) is 5.00 Å². The summed E-state index contributed by atoms with van der Waals surface area (Å²) in [5.74, 6) is -1.02. The molecule has 38 heavy (non-hydrogen) atoms. The number of aromatic carboxylic acids is 1. The molecule has 0 saturated heterocycles. The molecule has 4 aromatic rings. The Bertz CT molecular complexity index is 1570. The Hall–Kier alpha value is -3.97. The predicted molar refractivity (Wildman–Crippen MR) is 154 cm³/mol. The average Bonchev–Trinajstić information content (AvgIpc) is 3.40. The van der Waals surface area contributed by atoms with Gasteiger partial charge in [-0.1, -0.05) is 17.7 Å². The number of rotatable bonds is 6. The Morgan fingerprint density at radius 2 is 1.74 bits per heavy atom. The minimum absolute atomic E-state index is 0.0693. The standard InChI is InChI=1S/C31H31N3O3S/c1-18-9-12-24(13-10-18)33-29(35)28-25-7-5-6-8-27(25)38-30(28)34-20(3)16-23(21(34)4)17-32-26-14-11-22(31(36)37)15-19(26)2/h9-17H,5-8H2,1-4H3,(H,33,35)(H,36,37). The quantitative estimate of drug-likeness (QED) is 0.258. The Kier molecular flexibility index (Phi) is 7.04. The van der Waals surface area contributed by atoms with Crippen molar-refractivity contribution in [2.45, 2.75) is 53.4 Å². The van der Waals surface area contributed by atoms with Gasteiger partial charge in [-0.3, -0.25) is 9.79 Å². The predicted octanol–water partition coefficient (Wildman–Crippen LogP) is 7.35. The van der Waals surface area contributed by atoms with Crippen molar-refractivity contribution >= 4 is 40.8 Å². The summed E-state index contributed by atoms with van der Waals surface area (Å²) in [7, 11) is 0. The van der Waals surface area contributed by atoms with E-state index in [9.17, 15) is 14.7 Å². The largest absolute Gasteiger partial charge is 0.478 e. The molecule has 2 aromatic carbocycles. The number of aryl methyl sites for hydroxylation is 4. The molecule has 1 aliphatic rings. The Morgan fingerprint density at radius 1 is 1.00 bits per heavy atom. The molecule has 0 atom stereocenters. The van der Waals surface area contributed by atoms with E-state index >= 15 is 0 Å². The smallest absolute Gasteiger partial charge is 0.335 e. The number of hydrogen-bond acceptors (Lipinski definition) is 4. The zero-order valence-electron chi connectivity index (χ0n) is 22.1. The fourth-order valence-corrected chi connectivity index (χ4v) is 6.57. The maximum atomic E-state index is 13.7. The molecular weight excluding hydrogens is 494 g/mol. The number of hydrogen-bond donors (Lipinski definition) is 2. The Morgan fingerprint density at radius 3 is 2.45 bits per heavy atom. The zero-order valence-corrected chi connectivity index (χ0v) is 22.9. The molecule has 0 radical (unpaired) electrons. The number of carbonyl (C=O) groups excluding carboxylic acids is 1. The SMILES string of the molecule is Cc1ccc(NC(=O)c2c(-n3c(C)cc(C=Nc4ccc(C(=O)O)cc4C)c3C)sc3c2CCCC3)cc1. The van der Waals surface area contributed by atoms with E-state index in [2.05, 4.69) is 34.8 Å². The summed E-state index contributed by atoms with van der Waals surface area (Å²) >= 11 is 1.72. The molecule has 7 heteroatoms. The van der Waals surface area contributed by atoms with Crippen LogP contribution in [0.2, 0.25) is 0 Å². The number of thiophene rings is 1. The number of nitrogens with one attached hydrogen (secondary N) is 1. The molecule has 0 unspecified atom stereocenters. The van der Waals surface area contributed by atoms with Gasteiger partial charge >= 0.3 is 5.97 Å². The molecule has 2 aromatic heterocycles. The number of amides is 1. The number of carbonyl (C=O) groups is 2. The summed E-state index contributed by atoms with van der Waals surface area (Å²) in [5.41, 5.74) is 8.67. The Balaban J connectivity index is 1.53. The minimum atomic E-state index is -0.951. The first-order valence-corrected chi connectivity index (χ1v) is 13.6. The van der Waals surface area contributed by atoms with Gasteiger partial charge < -0.3 is 15.0 Å². The third-order valence-electron chi connectivity index (χ3n) is 7.15. The maximum absolute atomic E-state index is 13.7. The van der Waals surface area contributed by atoms with Crippen molar-refractivity contribution in [1.29, 1.82) is 0 Å². The molecule has 0 saturated carbocycles. The molecule has 6 nitrogen and oxygen atoms in total. The lowest BCUT2D eigenvalue weighted by Crippen LogP contribution is -2.17. The second kappa shape index (κ2) is 10.4. The highest BCUT2D eigenvalue weighted by Crippen LogP contribution is 2.39. The molecule has 0 spiro atoms. The highest BCUT2D eigenvalue weighted by Gasteiger charge is 2.28. The summed E-state index contributed by atoms with van der Waals surface area (Å²) in [5, 5.41) is 13.3. The summed E-state index contributed by atoms with van der Waals surface area (Å²) in [6, 6.07) is 14.9. The van der Waals surface area contributed by atoms with Crippen molar-refractivity contribution < 1.29 is 14.7 Å². The summed E-state index contributed by atoms with van der Waals surface area (Å²) in [4.78, 5) is 30.9. The van der Waals surface area contributed by atoms with Crippen LogP contribution >= 0.6 is 11.3 Å². The molecule has 5 rings (SSSR count). The molecule has 0 fully saturated rings. The van der Waals surface area contributed by atoms with Gasteiger partial charge in [0.15, 0.2) is 0 Å². The van der Waals surface area contributed by atoms with Gasteiger partial charge in [-0.15, -0.1) is 11.3 Å². The third-order valence-corrected chi connectivity index (χ3v) is 8.43. The van der Waals surface area contributed by atoms with Gasteiger partial charge in [0.05, 0.1) is 16.8 Å². The van der Waals surface area contributed by atoms with Crippen molar-refractivity contribution in [1.82, 2.24) is 4.57 Å². The molecule has 0 bridgehead atoms. The van der Waals surface area contributed by atoms with E-state index in [4.69, 9.17) is 0 Å². The van der Waals surface area contributed by atoms with Crippen LogP contribution < -0.4 is 5.32 Å². The lowest BCUT2D eigenvalue weighted by Gasteiger charge is -2.14. The van der Waals surface area contributed by atoms with Crippen LogP contribution in [-0.4, -0.2) is 27.8 Å². The van der Waals surface area contributed by atoms with E-state index in [-0.39, 0.29) is 11.5 Å². The summed E-state index contributed by atoms with van der Waals surface area (Å²) in [6.45, 7) is 7.99. The summed E-state index contributed by atoms with van der Waals surface area (Å²) < 4.78 is 2.18. The number of aromatic nitrogens is 1. The van der Waals surface area contributed by atoms with Crippen LogP contribution in [-0.2, 0) is 12.8 Å². The van der Waals surface area contributed by atoms with Crippen molar-refractivity contribution in [2.75, 3.05) is 5.32 Å². The van der Waals surface area contributed by atoms with E-state index in [1.807, 2.05) is 44.3 Å². The second-order valence-corrected chi connectivity index (χ2v) is 11.0. The topological polar surface area (TPSA) is 83.7 Å². The van der Waals surface area contributed by atoms with Crippen LogP contribution in [0, 0.1) is 27.7 Å². The highest BCUT2D eigenvalue weighted by molar-refractivity contribution is 7.15. The van der Waals surface area contributed by atoms with Gasteiger partial charge in [0.25, 0.3) is 5.91 Å². The van der Waals surface area contributed by atoms with Crippen LogP contribution in [0.15, 0.2) is 53.5 Å². The monoisotopic (exact) mass is 525 g/mol. The number of carboxylic acid groups (broad SMARTS) is 1. The van der Waals surface area contributed by atoms with E-state index in [0.717, 1.165) is 75.7 Å². The Labute approximate surface area is 226 Å². The number of nitrogens with zero attached hydrogens (tertiary/aromatic N) is 2. The van der Waals surface area contributed by atoms with Crippen LogP contribution in [0.25, 0.3) is 5.00 Å². The van der Waals surface area contributed by atoms with E-state index < -0.39 is 5.97 Å². The molecule has 0 aliphatic heterocycles. The molecule has 2 heterocycles. The lowest BCUT2D eigenvalue weighted by atomic mass is 9.95. The van der Waals surface area contributed by atoms with Crippen LogP contribution in [0.4, 0.5) is 11.4 Å². The van der Waals surface area contributed by atoms with Gasteiger partial charge in [-0.2, -0.15) is 0 Å². The second-order valence-electron chi connectivity index (χ2n) is 9.94. The van der Waals surface area contributed by atoms with E-state index in [0.29, 0.717) is 0 Å². The first-order chi connectivity index (χ1) is 18.2. The highest BCUT2D eigenvalue weighted by atomic mass is 32.1. The number of anilines is 1. The van der Waals surface area contributed by atoms with Crippen molar-refractivity contribution in [3.63, 3.8) is 0 Å². The van der Waals surface area contributed by atoms with Crippen molar-refractivity contribution in [2.24, 2.45) is 4.99 Å². The van der Waals surface area contributed by atoms with Crippen LogP contribution in [0.1, 0.15) is 72.1 Å². The molecule has 1 aliphatic carbocycles. The first kappa shape index (κ1) is 25.7. The van der Waals surface area contributed by atoms with Gasteiger partial charge in [0, 0.05) is 33.7 Å². The summed E-state index contributed by atoms with van der Waals surface area (Å²) in [6.07, 6.45) is 5.98. The maximum Gasteiger partial charge on any atom is 0.335 e. The number of aliphatic imine (C=N–C) groups is 1. The van der Waals surface area contributed by atoms with Gasteiger partial charge in [-0.25, -0.2) is 4.79 Å². The number of fused-ring (bicyclic) bond motifs is 1. The zero-order chi connectivity index (χ0) is 27.0. The third kappa shape index (κ3) is 4.94. The van der Waals surface area contributed by atoms with Gasteiger partial charge in [0.1, 0.15) is 5.00 Å². The molecule has 194 valence electrons.